The van der Waals surface area contributed by atoms with Gasteiger partial charge in [-0.15, -0.1) is 0 Å². The number of rotatable bonds is 1. The Bertz CT molecular complexity index is 381. The van der Waals surface area contributed by atoms with Gasteiger partial charge in [-0.2, -0.15) is 0 Å². The van der Waals surface area contributed by atoms with Crippen molar-refractivity contribution in [2.24, 2.45) is 5.73 Å². The maximum absolute atomic E-state index is 13.2. The summed E-state index contributed by atoms with van der Waals surface area (Å²) in [6, 6.07) is 1.12. The van der Waals surface area contributed by atoms with Crippen molar-refractivity contribution >= 4 is 0 Å². The lowest BCUT2D eigenvalue weighted by Gasteiger charge is -2.13. The Morgan fingerprint density at radius 3 is 2.87 bits per heavy atom. The van der Waals surface area contributed by atoms with E-state index in [-0.39, 0.29) is 12.1 Å². The molecule has 15 heavy (non-hydrogen) atoms. The number of ether oxygens (including phenoxy) is 2. The van der Waals surface area contributed by atoms with E-state index in [0.717, 1.165) is 12.5 Å². The van der Waals surface area contributed by atoms with E-state index in [9.17, 15) is 9.50 Å². The summed E-state index contributed by atoms with van der Waals surface area (Å²) in [4.78, 5) is 0. The summed E-state index contributed by atoms with van der Waals surface area (Å²) in [6.45, 7) is 0.960. The normalized spacial score (nSPS) is 14.8. The van der Waals surface area contributed by atoms with E-state index in [2.05, 4.69) is 0 Å². The molecule has 5 heteroatoms. The number of benzene rings is 1. The predicted octanol–water partition coefficient (Wildman–Crippen LogP) is 1.15. The first-order valence-corrected chi connectivity index (χ1v) is 4.74. The van der Waals surface area contributed by atoms with Crippen molar-refractivity contribution in [3.05, 3.63) is 17.4 Å². The molecule has 0 radical (unpaired) electrons. The average molecular weight is 213 g/mol. The molecule has 0 bridgehead atoms. The predicted molar refractivity (Wildman–Crippen MR) is 51.6 cm³/mol. The van der Waals surface area contributed by atoms with E-state index < -0.39 is 11.6 Å². The summed E-state index contributed by atoms with van der Waals surface area (Å²) in [5, 5.41) is 9.45. The van der Waals surface area contributed by atoms with Gasteiger partial charge in [0.1, 0.15) is 0 Å². The third-order valence-corrected chi connectivity index (χ3v) is 2.26. The molecule has 1 aliphatic heterocycles. The van der Waals surface area contributed by atoms with Gasteiger partial charge >= 0.3 is 0 Å². The minimum Gasteiger partial charge on any atom is -0.504 e. The first kappa shape index (κ1) is 10.0. The van der Waals surface area contributed by atoms with Crippen LogP contribution in [0.15, 0.2) is 6.07 Å². The molecule has 4 nitrogen and oxygen atoms in total. The molecule has 0 unspecified atom stereocenters. The number of hydrogen-bond donors (Lipinski definition) is 2. The lowest BCUT2D eigenvalue weighted by atomic mass is 10.1. The topological polar surface area (TPSA) is 64.7 Å². The second kappa shape index (κ2) is 3.94. The monoisotopic (exact) mass is 213 g/mol. The van der Waals surface area contributed by atoms with Crippen LogP contribution in [0, 0.1) is 5.82 Å². The number of hydrogen-bond acceptors (Lipinski definition) is 4. The third kappa shape index (κ3) is 1.70. The molecule has 0 saturated carbocycles. The number of halogens is 1. The summed E-state index contributed by atoms with van der Waals surface area (Å²) in [6.07, 6.45) is 0.723. The van der Waals surface area contributed by atoms with E-state index in [0.29, 0.717) is 24.7 Å². The first-order chi connectivity index (χ1) is 7.24. The van der Waals surface area contributed by atoms with Gasteiger partial charge in [0.2, 0.25) is 0 Å². The van der Waals surface area contributed by atoms with Crippen molar-refractivity contribution in [1.82, 2.24) is 0 Å². The number of phenolic OH excluding ortho intramolecular Hbond substituents is 1. The maximum atomic E-state index is 13.2. The van der Waals surface area contributed by atoms with Crippen LogP contribution in [0.3, 0.4) is 0 Å². The van der Waals surface area contributed by atoms with Crippen molar-refractivity contribution in [2.45, 2.75) is 13.0 Å². The van der Waals surface area contributed by atoms with Gasteiger partial charge < -0.3 is 20.3 Å². The largest absolute Gasteiger partial charge is 0.504 e. The molecule has 1 aromatic rings. The minimum atomic E-state index is -0.736. The molecule has 3 N–H and O–H groups in total. The highest BCUT2D eigenvalue weighted by Crippen LogP contribution is 2.40. The van der Waals surface area contributed by atoms with Crippen LogP contribution in [0.5, 0.6) is 17.2 Å². The summed E-state index contributed by atoms with van der Waals surface area (Å²) in [5.74, 6) is -0.529. The molecule has 0 saturated heterocycles. The SMILES string of the molecule is NCc1c(O)c(F)cc2c1OCCCO2. The quantitative estimate of drug-likeness (QED) is 0.734. The van der Waals surface area contributed by atoms with Crippen molar-refractivity contribution in [3.63, 3.8) is 0 Å². The van der Waals surface area contributed by atoms with E-state index in [4.69, 9.17) is 15.2 Å². The fraction of sp³-hybridized carbons (Fsp3) is 0.400. The van der Waals surface area contributed by atoms with Gasteiger partial charge in [0, 0.05) is 19.0 Å². The molecule has 0 amide bonds. The smallest absolute Gasteiger partial charge is 0.169 e. The zero-order valence-electron chi connectivity index (χ0n) is 8.12. The summed E-state index contributed by atoms with van der Waals surface area (Å²) in [5.41, 5.74) is 5.69. The first-order valence-electron chi connectivity index (χ1n) is 4.74. The molecular weight excluding hydrogens is 201 g/mol. The lowest BCUT2D eigenvalue weighted by Crippen LogP contribution is -2.04. The van der Waals surface area contributed by atoms with Crippen molar-refractivity contribution in [1.29, 1.82) is 0 Å². The van der Waals surface area contributed by atoms with Crippen LogP contribution in [0.25, 0.3) is 0 Å². The van der Waals surface area contributed by atoms with Crippen molar-refractivity contribution < 1.29 is 19.0 Å². The standard InChI is InChI=1S/C10H12FNO3/c11-7-4-8-10(6(5-12)9(7)13)15-3-1-2-14-8/h4,13H,1-3,5,12H2. The summed E-state index contributed by atoms with van der Waals surface area (Å²) in [7, 11) is 0. The van der Waals surface area contributed by atoms with Crippen LogP contribution >= 0.6 is 0 Å². The van der Waals surface area contributed by atoms with Crippen LogP contribution in [0.2, 0.25) is 0 Å². The number of phenols is 1. The molecule has 82 valence electrons. The molecule has 0 spiro atoms. The van der Waals surface area contributed by atoms with Gasteiger partial charge in [-0.3, -0.25) is 0 Å². The molecule has 0 atom stereocenters. The van der Waals surface area contributed by atoms with Crippen LogP contribution in [0.4, 0.5) is 4.39 Å². The van der Waals surface area contributed by atoms with E-state index >= 15 is 0 Å². The Kier molecular flexibility index (Phi) is 2.64. The molecule has 0 aliphatic carbocycles. The van der Waals surface area contributed by atoms with Crippen LogP contribution in [-0.2, 0) is 6.54 Å². The second-order valence-corrected chi connectivity index (χ2v) is 3.27. The van der Waals surface area contributed by atoms with Gasteiger partial charge in [-0.1, -0.05) is 0 Å². The minimum absolute atomic E-state index is 0.00921. The number of fused-ring (bicyclic) bond motifs is 1. The van der Waals surface area contributed by atoms with Gasteiger partial charge in [-0.05, 0) is 0 Å². The average Bonchev–Trinajstić information content (AvgIpc) is 2.45. The van der Waals surface area contributed by atoms with Crippen LogP contribution in [0.1, 0.15) is 12.0 Å². The lowest BCUT2D eigenvalue weighted by molar-refractivity contribution is 0.295. The number of aromatic hydroxyl groups is 1. The van der Waals surface area contributed by atoms with E-state index in [1.807, 2.05) is 0 Å². The Morgan fingerprint density at radius 1 is 1.40 bits per heavy atom. The molecule has 0 fully saturated rings. The summed E-state index contributed by atoms with van der Waals surface area (Å²) >= 11 is 0. The van der Waals surface area contributed by atoms with E-state index in [1.54, 1.807) is 0 Å². The molecule has 2 rings (SSSR count). The third-order valence-electron chi connectivity index (χ3n) is 2.26. The maximum Gasteiger partial charge on any atom is 0.169 e. The number of nitrogens with two attached hydrogens (primary N) is 1. The van der Waals surface area contributed by atoms with E-state index in [1.165, 1.54) is 0 Å². The fourth-order valence-electron chi connectivity index (χ4n) is 1.52. The van der Waals surface area contributed by atoms with Crippen molar-refractivity contribution in [3.8, 4) is 17.2 Å². The van der Waals surface area contributed by atoms with Gasteiger partial charge in [-0.25, -0.2) is 4.39 Å². The zero-order chi connectivity index (χ0) is 10.8. The highest BCUT2D eigenvalue weighted by atomic mass is 19.1. The van der Waals surface area contributed by atoms with Gasteiger partial charge in [0.05, 0.1) is 18.8 Å². The molecule has 1 aliphatic rings. The highest BCUT2D eigenvalue weighted by molar-refractivity contribution is 5.54. The van der Waals surface area contributed by atoms with Crippen molar-refractivity contribution in [2.75, 3.05) is 13.2 Å². The van der Waals surface area contributed by atoms with Gasteiger partial charge in [0.25, 0.3) is 0 Å². The fourth-order valence-corrected chi connectivity index (χ4v) is 1.52. The Balaban J connectivity index is 2.56. The highest BCUT2D eigenvalue weighted by Gasteiger charge is 2.20. The summed E-state index contributed by atoms with van der Waals surface area (Å²) < 4.78 is 23.9. The van der Waals surface area contributed by atoms with Gasteiger partial charge in [0.15, 0.2) is 23.1 Å². The van der Waals surface area contributed by atoms with Crippen LogP contribution in [-0.4, -0.2) is 18.3 Å². The second-order valence-electron chi connectivity index (χ2n) is 3.27. The molecular formula is C10H12FNO3. The Labute approximate surface area is 86.4 Å². The molecule has 0 aromatic heterocycles. The Hall–Kier alpha value is -1.49. The zero-order valence-corrected chi connectivity index (χ0v) is 8.12. The molecule has 1 aromatic carbocycles. The van der Waals surface area contributed by atoms with Crippen LogP contribution < -0.4 is 15.2 Å². The Morgan fingerprint density at radius 2 is 2.13 bits per heavy atom. The molecule has 1 heterocycles.